The van der Waals surface area contributed by atoms with E-state index in [1.54, 1.807) is 20.1 Å². The predicted molar refractivity (Wildman–Crippen MR) is 76.8 cm³/mol. The van der Waals surface area contributed by atoms with Crippen LogP contribution in [0.25, 0.3) is 0 Å². The number of nitrogens with one attached hydrogen (secondary N) is 1. The average Bonchev–Trinajstić information content (AvgIpc) is 2.31. The minimum absolute atomic E-state index is 0.196. The molecule has 100 valence electrons. The van der Waals surface area contributed by atoms with Gasteiger partial charge in [0.25, 0.3) is 0 Å². The van der Waals surface area contributed by atoms with Crippen molar-refractivity contribution < 1.29 is 9.53 Å². The third kappa shape index (κ3) is 3.71. The van der Waals surface area contributed by atoms with E-state index in [0.717, 1.165) is 10.9 Å². The number of benzene rings is 1. The molecule has 0 saturated carbocycles. The number of nitrogens with two attached hydrogens (primary N) is 1. The average molecular weight is 315 g/mol. The second-order valence-corrected chi connectivity index (χ2v) is 5.32. The van der Waals surface area contributed by atoms with Gasteiger partial charge in [-0.15, -0.1) is 0 Å². The minimum Gasteiger partial charge on any atom is -0.497 e. The molecule has 0 saturated heterocycles. The van der Waals surface area contributed by atoms with E-state index in [-0.39, 0.29) is 5.91 Å². The molecule has 4 nitrogen and oxygen atoms in total. The number of hydrogen-bond acceptors (Lipinski definition) is 3. The van der Waals surface area contributed by atoms with Crippen LogP contribution in [0.1, 0.15) is 26.7 Å². The molecule has 0 spiro atoms. The van der Waals surface area contributed by atoms with Gasteiger partial charge in [-0.25, -0.2) is 0 Å². The molecule has 1 amide bonds. The Labute approximate surface area is 116 Å². The van der Waals surface area contributed by atoms with Crippen LogP contribution in [-0.4, -0.2) is 18.6 Å². The first kappa shape index (κ1) is 15.0. The molecule has 0 fully saturated rings. The van der Waals surface area contributed by atoms with E-state index in [0.29, 0.717) is 17.9 Å². The van der Waals surface area contributed by atoms with Crippen LogP contribution in [0.2, 0.25) is 0 Å². The van der Waals surface area contributed by atoms with Crippen molar-refractivity contribution >= 4 is 27.5 Å². The molecule has 0 bridgehead atoms. The van der Waals surface area contributed by atoms with Gasteiger partial charge in [0, 0.05) is 10.5 Å². The Kier molecular flexibility index (Phi) is 5.16. The van der Waals surface area contributed by atoms with E-state index in [1.807, 2.05) is 19.1 Å². The van der Waals surface area contributed by atoms with Crippen molar-refractivity contribution in [1.29, 1.82) is 0 Å². The number of ether oxygens (including phenoxy) is 1. The summed E-state index contributed by atoms with van der Waals surface area (Å²) in [7, 11) is 1.58. The highest BCUT2D eigenvalue weighted by atomic mass is 79.9. The fraction of sp³-hybridized carbons (Fsp3) is 0.462. The van der Waals surface area contributed by atoms with Crippen LogP contribution in [0.3, 0.4) is 0 Å². The highest BCUT2D eigenvalue weighted by Crippen LogP contribution is 2.28. The summed E-state index contributed by atoms with van der Waals surface area (Å²) >= 11 is 3.38. The third-order valence-corrected chi connectivity index (χ3v) is 3.40. The fourth-order valence-corrected chi connectivity index (χ4v) is 1.97. The molecule has 0 aromatic heterocycles. The Balaban J connectivity index is 2.87. The zero-order chi connectivity index (χ0) is 13.8. The summed E-state index contributed by atoms with van der Waals surface area (Å²) < 4.78 is 5.92. The molecule has 1 aromatic carbocycles. The smallest absolute Gasteiger partial charge is 0.244 e. The second kappa shape index (κ2) is 6.20. The van der Waals surface area contributed by atoms with Gasteiger partial charge < -0.3 is 15.8 Å². The Morgan fingerprint density at radius 3 is 2.78 bits per heavy atom. The summed E-state index contributed by atoms with van der Waals surface area (Å²) in [4.78, 5) is 12.1. The van der Waals surface area contributed by atoms with E-state index in [4.69, 9.17) is 10.5 Å². The van der Waals surface area contributed by atoms with Gasteiger partial charge in [-0.1, -0.05) is 13.3 Å². The van der Waals surface area contributed by atoms with Gasteiger partial charge in [0.15, 0.2) is 0 Å². The molecule has 1 atom stereocenters. The molecule has 1 rings (SSSR count). The Morgan fingerprint density at radius 2 is 2.22 bits per heavy atom. The van der Waals surface area contributed by atoms with Crippen molar-refractivity contribution in [2.24, 2.45) is 5.73 Å². The lowest BCUT2D eigenvalue weighted by Crippen LogP contribution is -2.48. The fourth-order valence-electron chi connectivity index (χ4n) is 1.63. The van der Waals surface area contributed by atoms with Crippen molar-refractivity contribution in [2.75, 3.05) is 12.4 Å². The Morgan fingerprint density at radius 1 is 1.56 bits per heavy atom. The Bertz CT molecular complexity index is 433. The molecule has 0 radical (unpaired) electrons. The Hall–Kier alpha value is -1.07. The van der Waals surface area contributed by atoms with Gasteiger partial charge in [-0.2, -0.15) is 0 Å². The summed E-state index contributed by atoms with van der Waals surface area (Å²) in [5.41, 5.74) is 5.78. The van der Waals surface area contributed by atoms with Crippen molar-refractivity contribution in [3.63, 3.8) is 0 Å². The SMILES string of the molecule is CCCC(C)(N)C(=O)Nc1cc(OC)ccc1Br. The van der Waals surface area contributed by atoms with Crippen LogP contribution >= 0.6 is 15.9 Å². The van der Waals surface area contributed by atoms with Crippen molar-refractivity contribution in [3.05, 3.63) is 22.7 Å². The first-order valence-corrected chi connectivity index (χ1v) is 6.64. The first-order valence-electron chi connectivity index (χ1n) is 5.84. The van der Waals surface area contributed by atoms with Gasteiger partial charge in [-0.3, -0.25) is 4.79 Å². The number of halogens is 1. The standard InChI is InChI=1S/C13H19BrN2O2/c1-4-7-13(2,15)12(17)16-11-8-9(18-3)5-6-10(11)14/h5-6,8H,4,7,15H2,1-3H3,(H,16,17). The first-order chi connectivity index (χ1) is 8.40. The summed E-state index contributed by atoms with van der Waals surface area (Å²) in [6, 6.07) is 5.39. The summed E-state index contributed by atoms with van der Waals surface area (Å²) in [6.45, 7) is 3.74. The van der Waals surface area contributed by atoms with Gasteiger partial charge >= 0.3 is 0 Å². The maximum atomic E-state index is 12.1. The lowest BCUT2D eigenvalue weighted by atomic mass is 9.96. The van der Waals surface area contributed by atoms with Crippen molar-refractivity contribution in [3.8, 4) is 5.75 Å². The number of carbonyl (C=O) groups excluding carboxylic acids is 1. The van der Waals surface area contributed by atoms with Crippen LogP contribution in [0.15, 0.2) is 22.7 Å². The lowest BCUT2D eigenvalue weighted by Gasteiger charge is -2.23. The quantitative estimate of drug-likeness (QED) is 0.878. The van der Waals surface area contributed by atoms with E-state index in [1.165, 1.54) is 0 Å². The maximum absolute atomic E-state index is 12.1. The van der Waals surface area contributed by atoms with Crippen LogP contribution in [-0.2, 0) is 4.79 Å². The van der Waals surface area contributed by atoms with Crippen LogP contribution in [0, 0.1) is 0 Å². The normalized spacial score (nSPS) is 13.8. The van der Waals surface area contributed by atoms with Crippen LogP contribution < -0.4 is 15.8 Å². The molecule has 0 aliphatic rings. The number of carbonyl (C=O) groups is 1. The summed E-state index contributed by atoms with van der Waals surface area (Å²) in [5, 5.41) is 2.82. The molecular weight excluding hydrogens is 296 g/mol. The molecule has 18 heavy (non-hydrogen) atoms. The monoisotopic (exact) mass is 314 g/mol. The van der Waals surface area contributed by atoms with Crippen molar-refractivity contribution in [1.82, 2.24) is 0 Å². The third-order valence-electron chi connectivity index (χ3n) is 2.71. The maximum Gasteiger partial charge on any atom is 0.244 e. The molecule has 0 aliphatic heterocycles. The van der Waals surface area contributed by atoms with Gasteiger partial charge in [0.1, 0.15) is 5.75 Å². The highest BCUT2D eigenvalue weighted by Gasteiger charge is 2.27. The van der Waals surface area contributed by atoms with E-state index in [2.05, 4.69) is 21.2 Å². The largest absolute Gasteiger partial charge is 0.497 e. The zero-order valence-electron chi connectivity index (χ0n) is 10.9. The van der Waals surface area contributed by atoms with Crippen LogP contribution in [0.5, 0.6) is 5.75 Å². The predicted octanol–water partition coefficient (Wildman–Crippen LogP) is 2.91. The number of rotatable bonds is 5. The second-order valence-electron chi connectivity index (χ2n) is 4.47. The highest BCUT2D eigenvalue weighted by molar-refractivity contribution is 9.10. The molecule has 1 unspecified atom stereocenters. The molecule has 0 aliphatic carbocycles. The van der Waals surface area contributed by atoms with Gasteiger partial charge in [-0.05, 0) is 41.4 Å². The lowest BCUT2D eigenvalue weighted by molar-refractivity contribution is -0.120. The molecule has 3 N–H and O–H groups in total. The van der Waals surface area contributed by atoms with Gasteiger partial charge in [0.05, 0.1) is 18.3 Å². The summed E-state index contributed by atoms with van der Waals surface area (Å²) in [5.74, 6) is 0.487. The zero-order valence-corrected chi connectivity index (χ0v) is 12.5. The number of amides is 1. The van der Waals surface area contributed by atoms with Gasteiger partial charge in [0.2, 0.25) is 5.91 Å². The topological polar surface area (TPSA) is 64.4 Å². The van der Waals surface area contributed by atoms with Crippen LogP contribution in [0.4, 0.5) is 5.69 Å². The number of hydrogen-bond donors (Lipinski definition) is 2. The number of methoxy groups -OCH3 is 1. The van der Waals surface area contributed by atoms with E-state index < -0.39 is 5.54 Å². The number of anilines is 1. The van der Waals surface area contributed by atoms with E-state index in [9.17, 15) is 4.79 Å². The van der Waals surface area contributed by atoms with Crippen molar-refractivity contribution in [2.45, 2.75) is 32.2 Å². The molecule has 5 heteroatoms. The minimum atomic E-state index is -0.864. The molecular formula is C13H19BrN2O2. The summed E-state index contributed by atoms with van der Waals surface area (Å²) in [6.07, 6.45) is 1.50. The molecule has 0 heterocycles. The molecule has 1 aromatic rings. The van der Waals surface area contributed by atoms with E-state index >= 15 is 0 Å².